The van der Waals surface area contributed by atoms with Gasteiger partial charge in [-0.3, -0.25) is 0 Å². The molecule has 1 rings (SSSR count). The van der Waals surface area contributed by atoms with E-state index in [2.05, 4.69) is 5.32 Å². The molecule has 1 unspecified atom stereocenters. The summed E-state index contributed by atoms with van der Waals surface area (Å²) in [5.41, 5.74) is 6.09. The van der Waals surface area contributed by atoms with E-state index >= 15 is 0 Å². The number of thiocarbonyl (C=S) groups is 1. The average Bonchev–Trinajstić information content (AvgIpc) is 2.38. The Hall–Kier alpha value is -1.69. The van der Waals surface area contributed by atoms with E-state index < -0.39 is 0 Å². The summed E-state index contributed by atoms with van der Waals surface area (Å²) in [6, 6.07) is 5.36. The van der Waals surface area contributed by atoms with E-state index in [1.807, 2.05) is 13.8 Å². The van der Waals surface area contributed by atoms with Gasteiger partial charge in [-0.1, -0.05) is 19.1 Å². The van der Waals surface area contributed by atoms with Gasteiger partial charge in [0.15, 0.2) is 0 Å². The lowest BCUT2D eigenvalue weighted by Crippen LogP contribution is -2.40. The minimum absolute atomic E-state index is 0.0473. The van der Waals surface area contributed by atoms with Crippen molar-refractivity contribution in [1.82, 2.24) is 4.90 Å². The Labute approximate surface area is 117 Å². The Morgan fingerprint density at radius 2 is 2.05 bits per heavy atom. The van der Waals surface area contributed by atoms with E-state index in [0.717, 1.165) is 0 Å². The second kappa shape index (κ2) is 7.04. The molecule has 1 aromatic carbocycles. The molecule has 0 aliphatic rings. The zero-order valence-electron chi connectivity index (χ0n) is 11.0. The van der Waals surface area contributed by atoms with Gasteiger partial charge >= 0.3 is 6.03 Å². The Balaban J connectivity index is 2.63. The first-order valence-electron chi connectivity index (χ1n) is 6.04. The fraction of sp³-hybridized carbons (Fsp3) is 0.385. The zero-order chi connectivity index (χ0) is 14.4. The van der Waals surface area contributed by atoms with Gasteiger partial charge in [-0.2, -0.15) is 0 Å². The number of urea groups is 1. The fourth-order valence-corrected chi connectivity index (χ4v) is 1.59. The first-order valence-corrected chi connectivity index (χ1v) is 6.45. The van der Waals surface area contributed by atoms with Crippen LogP contribution in [-0.4, -0.2) is 29.0 Å². The van der Waals surface area contributed by atoms with Gasteiger partial charge in [0, 0.05) is 24.7 Å². The van der Waals surface area contributed by atoms with Gasteiger partial charge in [0.05, 0.1) is 4.99 Å². The third kappa shape index (κ3) is 4.82. The summed E-state index contributed by atoms with van der Waals surface area (Å²) < 4.78 is 12.8. The number of nitrogens with two attached hydrogens (primary N) is 1. The van der Waals surface area contributed by atoms with E-state index in [0.29, 0.717) is 23.8 Å². The largest absolute Gasteiger partial charge is 0.393 e. The van der Waals surface area contributed by atoms with E-state index in [9.17, 15) is 9.18 Å². The van der Waals surface area contributed by atoms with Crippen LogP contribution in [0.4, 0.5) is 14.9 Å². The van der Waals surface area contributed by atoms with Crippen molar-refractivity contribution in [3.8, 4) is 0 Å². The van der Waals surface area contributed by atoms with Crippen LogP contribution in [0.25, 0.3) is 0 Å². The number of hydrogen-bond acceptors (Lipinski definition) is 2. The highest BCUT2D eigenvalue weighted by Gasteiger charge is 2.16. The van der Waals surface area contributed by atoms with Gasteiger partial charge in [-0.05, 0) is 31.2 Å². The summed E-state index contributed by atoms with van der Waals surface area (Å²) in [6.45, 7) is 4.74. The summed E-state index contributed by atoms with van der Waals surface area (Å²) in [5.74, 6) is -0.388. The molecule has 2 amide bonds. The van der Waals surface area contributed by atoms with Gasteiger partial charge in [-0.25, -0.2) is 9.18 Å². The van der Waals surface area contributed by atoms with Crippen molar-refractivity contribution in [2.45, 2.75) is 13.8 Å². The van der Waals surface area contributed by atoms with Crippen molar-refractivity contribution < 1.29 is 9.18 Å². The van der Waals surface area contributed by atoms with Crippen LogP contribution in [0.3, 0.4) is 0 Å². The number of halogens is 1. The van der Waals surface area contributed by atoms with Crippen LogP contribution in [-0.2, 0) is 0 Å². The first-order chi connectivity index (χ1) is 8.93. The topological polar surface area (TPSA) is 58.4 Å². The second-order valence-corrected chi connectivity index (χ2v) is 4.75. The third-order valence-corrected chi connectivity index (χ3v) is 3.15. The Morgan fingerprint density at radius 3 is 2.53 bits per heavy atom. The maximum atomic E-state index is 12.8. The van der Waals surface area contributed by atoms with Crippen LogP contribution in [0.15, 0.2) is 24.3 Å². The molecule has 0 fully saturated rings. The molecule has 0 saturated carbocycles. The third-order valence-electron chi connectivity index (χ3n) is 2.74. The van der Waals surface area contributed by atoms with Gasteiger partial charge in [0.2, 0.25) is 0 Å². The van der Waals surface area contributed by atoms with E-state index in [1.54, 1.807) is 4.90 Å². The van der Waals surface area contributed by atoms with Crippen LogP contribution in [0.5, 0.6) is 0 Å². The summed E-state index contributed by atoms with van der Waals surface area (Å²) in [4.78, 5) is 14.0. The number of nitrogens with zero attached hydrogens (tertiary/aromatic N) is 1. The molecule has 104 valence electrons. The minimum Gasteiger partial charge on any atom is -0.393 e. The van der Waals surface area contributed by atoms with Crippen LogP contribution in [0.1, 0.15) is 13.8 Å². The second-order valence-electron chi connectivity index (χ2n) is 4.28. The summed E-state index contributed by atoms with van der Waals surface area (Å²) in [5, 5.41) is 2.70. The molecule has 1 aromatic rings. The monoisotopic (exact) mass is 283 g/mol. The molecule has 6 heteroatoms. The van der Waals surface area contributed by atoms with Crippen molar-refractivity contribution in [3.63, 3.8) is 0 Å². The number of anilines is 1. The predicted octanol–water partition coefficient (Wildman–Crippen LogP) is 2.60. The summed E-state index contributed by atoms with van der Waals surface area (Å²) in [6.07, 6.45) is 0. The molecule has 19 heavy (non-hydrogen) atoms. The Morgan fingerprint density at radius 1 is 1.47 bits per heavy atom. The molecule has 0 spiro atoms. The lowest BCUT2D eigenvalue weighted by molar-refractivity contribution is 0.211. The van der Waals surface area contributed by atoms with E-state index in [1.165, 1.54) is 24.3 Å². The number of hydrogen-bond donors (Lipinski definition) is 2. The SMILES string of the molecule is CCN(CC(C)C(N)=S)C(=O)Nc1ccc(F)cc1. The minimum atomic E-state index is -0.340. The highest BCUT2D eigenvalue weighted by molar-refractivity contribution is 7.80. The predicted molar refractivity (Wildman–Crippen MR) is 78.6 cm³/mol. The smallest absolute Gasteiger partial charge is 0.321 e. The molecule has 0 radical (unpaired) electrons. The lowest BCUT2D eigenvalue weighted by atomic mass is 10.1. The highest BCUT2D eigenvalue weighted by atomic mass is 32.1. The van der Waals surface area contributed by atoms with Gasteiger partial charge in [0.1, 0.15) is 5.82 Å². The van der Waals surface area contributed by atoms with Crippen molar-refractivity contribution in [2.75, 3.05) is 18.4 Å². The Bertz CT molecular complexity index is 450. The van der Waals surface area contributed by atoms with E-state index in [4.69, 9.17) is 18.0 Å². The van der Waals surface area contributed by atoms with Crippen molar-refractivity contribution in [1.29, 1.82) is 0 Å². The summed E-state index contributed by atoms with van der Waals surface area (Å²) in [7, 11) is 0. The number of rotatable bonds is 5. The summed E-state index contributed by atoms with van der Waals surface area (Å²) >= 11 is 4.89. The van der Waals surface area contributed by atoms with Crippen molar-refractivity contribution >= 4 is 28.9 Å². The number of carbonyl (C=O) groups excluding carboxylic acids is 1. The normalized spacial score (nSPS) is 11.7. The molecule has 4 nitrogen and oxygen atoms in total. The molecule has 0 saturated heterocycles. The van der Waals surface area contributed by atoms with Crippen LogP contribution in [0.2, 0.25) is 0 Å². The van der Waals surface area contributed by atoms with Crippen molar-refractivity contribution in [2.24, 2.45) is 11.7 Å². The molecule has 1 atom stereocenters. The molecule has 0 heterocycles. The number of benzene rings is 1. The maximum absolute atomic E-state index is 12.8. The van der Waals surface area contributed by atoms with Crippen LogP contribution < -0.4 is 11.1 Å². The molecular formula is C13H18FN3OS. The average molecular weight is 283 g/mol. The molecule has 0 aliphatic carbocycles. The molecule has 0 aliphatic heterocycles. The maximum Gasteiger partial charge on any atom is 0.321 e. The number of nitrogens with one attached hydrogen (secondary N) is 1. The van der Waals surface area contributed by atoms with Gasteiger partial charge in [-0.15, -0.1) is 0 Å². The quantitative estimate of drug-likeness (QED) is 0.817. The van der Waals surface area contributed by atoms with Gasteiger partial charge in [0.25, 0.3) is 0 Å². The zero-order valence-corrected chi connectivity index (χ0v) is 11.8. The van der Waals surface area contributed by atoms with E-state index in [-0.39, 0.29) is 17.8 Å². The number of carbonyl (C=O) groups is 1. The standard InChI is InChI=1S/C13H18FN3OS/c1-3-17(8-9(2)12(15)19)13(18)16-11-6-4-10(14)5-7-11/h4-7,9H,3,8H2,1-2H3,(H2,15,19)(H,16,18). The molecule has 3 N–H and O–H groups in total. The Kier molecular flexibility index (Phi) is 5.69. The first kappa shape index (κ1) is 15.4. The lowest BCUT2D eigenvalue weighted by Gasteiger charge is -2.24. The van der Waals surface area contributed by atoms with Crippen molar-refractivity contribution in [3.05, 3.63) is 30.1 Å². The van der Waals surface area contributed by atoms with Crippen LogP contribution >= 0.6 is 12.2 Å². The molecule has 0 bridgehead atoms. The van der Waals surface area contributed by atoms with Crippen LogP contribution in [0, 0.1) is 11.7 Å². The van der Waals surface area contributed by atoms with Gasteiger partial charge < -0.3 is 16.0 Å². The molecule has 0 aromatic heterocycles. The number of amides is 2. The fourth-order valence-electron chi connectivity index (χ4n) is 1.51. The molecular weight excluding hydrogens is 265 g/mol. The highest BCUT2D eigenvalue weighted by Crippen LogP contribution is 2.10.